The van der Waals surface area contributed by atoms with E-state index < -0.39 is 4.05 Å². The van der Waals surface area contributed by atoms with E-state index in [0.717, 1.165) is 18.5 Å². The van der Waals surface area contributed by atoms with Crippen LogP contribution in [0.25, 0.3) is 11.4 Å². The van der Waals surface area contributed by atoms with Gasteiger partial charge in [0.15, 0.2) is 5.82 Å². The average molecular weight is 336 g/mol. The molecular weight excluding hydrogens is 318 g/mol. The van der Waals surface area contributed by atoms with Gasteiger partial charge >= 0.3 is 5.82 Å². The molecule has 8 nitrogen and oxygen atoms in total. The first kappa shape index (κ1) is 15.9. The fourth-order valence-electron chi connectivity index (χ4n) is 2.34. The average Bonchev–Trinajstić information content (AvgIpc) is 3.37. The van der Waals surface area contributed by atoms with E-state index in [2.05, 4.69) is 32.8 Å². The predicted molar refractivity (Wildman–Crippen MR) is 86.6 cm³/mol. The lowest BCUT2D eigenvalue weighted by Crippen LogP contribution is -2.30. The Kier molecular flexibility index (Phi) is 4.09. The summed E-state index contributed by atoms with van der Waals surface area (Å²) in [6.07, 6.45) is 5.10. The highest BCUT2D eigenvalue weighted by atomic mass is 32.1. The van der Waals surface area contributed by atoms with Crippen molar-refractivity contribution in [3.05, 3.63) is 18.2 Å². The Hall–Kier alpha value is -1.97. The Bertz CT molecular complexity index is 731. The first-order valence-corrected chi connectivity index (χ1v) is 7.48. The molecule has 23 heavy (non-hydrogen) atoms. The Balaban J connectivity index is 2.19. The highest BCUT2D eigenvalue weighted by Gasteiger charge is 2.33. The first-order valence-electron chi connectivity index (χ1n) is 7.08. The maximum Gasteiger partial charge on any atom is 0.318 e. The van der Waals surface area contributed by atoms with Gasteiger partial charge in [-0.15, -0.1) is 0 Å². The lowest BCUT2D eigenvalue weighted by atomic mass is 10.1. The van der Waals surface area contributed by atoms with Crippen LogP contribution in [0.4, 0.5) is 5.82 Å². The van der Waals surface area contributed by atoms with Crippen molar-refractivity contribution in [2.75, 3.05) is 21.3 Å². The molecule has 0 aliphatic heterocycles. The van der Waals surface area contributed by atoms with Gasteiger partial charge in [0, 0.05) is 5.92 Å². The second-order valence-electron chi connectivity index (χ2n) is 5.42. The zero-order valence-electron chi connectivity index (χ0n) is 13.1. The number of hydrogen-bond donors (Lipinski definition) is 2. The van der Waals surface area contributed by atoms with Crippen LogP contribution in [0.5, 0.6) is 11.6 Å². The van der Waals surface area contributed by atoms with Crippen molar-refractivity contribution < 1.29 is 14.7 Å². The topological polar surface area (TPSA) is 90.3 Å². The van der Waals surface area contributed by atoms with Gasteiger partial charge in [0.05, 0.1) is 26.1 Å². The maximum atomic E-state index is 10.2. The van der Waals surface area contributed by atoms with Gasteiger partial charge in [0.1, 0.15) is 31.8 Å². The van der Waals surface area contributed by atoms with E-state index in [0.29, 0.717) is 28.9 Å². The van der Waals surface area contributed by atoms with Crippen LogP contribution in [0.3, 0.4) is 0 Å². The molecule has 0 spiro atoms. The molecule has 122 valence electrons. The molecule has 2 heterocycles. The zero-order valence-corrected chi connectivity index (χ0v) is 14.0. The van der Waals surface area contributed by atoms with E-state index in [4.69, 9.17) is 9.47 Å². The molecular formula is C14H18N5O3S+. The number of nitrogens with zero attached hydrogens (tertiary/aromatic N) is 5. The summed E-state index contributed by atoms with van der Waals surface area (Å²) in [5.74, 6) is 1.69. The fourth-order valence-corrected chi connectivity index (χ4v) is 2.49. The number of hydroxylamine groups is 1. The van der Waals surface area contributed by atoms with Crippen LogP contribution in [-0.4, -0.2) is 46.4 Å². The third-order valence-electron chi connectivity index (χ3n) is 3.58. The van der Waals surface area contributed by atoms with E-state index in [-0.39, 0.29) is 5.82 Å². The van der Waals surface area contributed by atoms with E-state index in [1.54, 1.807) is 0 Å². The molecule has 0 amide bonds. The zero-order chi connectivity index (χ0) is 16.6. The van der Waals surface area contributed by atoms with E-state index in [1.807, 2.05) is 0 Å². The molecule has 1 fully saturated rings. The largest absolute Gasteiger partial charge is 0.488 e. The summed E-state index contributed by atoms with van der Waals surface area (Å²) in [6.45, 7) is 0. The van der Waals surface area contributed by atoms with Crippen molar-refractivity contribution >= 4 is 18.6 Å². The van der Waals surface area contributed by atoms with Crippen molar-refractivity contribution in [3.8, 4) is 23.0 Å². The monoisotopic (exact) mass is 336 g/mol. The van der Waals surface area contributed by atoms with Crippen LogP contribution >= 0.6 is 12.8 Å². The van der Waals surface area contributed by atoms with Gasteiger partial charge in [-0.25, -0.2) is 15.0 Å². The number of rotatable bonds is 5. The van der Waals surface area contributed by atoms with Crippen molar-refractivity contribution in [2.24, 2.45) is 0 Å². The Labute approximate surface area is 139 Å². The van der Waals surface area contributed by atoms with Crippen LogP contribution in [0.15, 0.2) is 12.5 Å². The summed E-state index contributed by atoms with van der Waals surface area (Å²) < 4.78 is 9.76. The van der Waals surface area contributed by atoms with Gasteiger partial charge in [0.2, 0.25) is 11.6 Å². The third-order valence-corrected chi connectivity index (χ3v) is 3.77. The second kappa shape index (κ2) is 5.91. The fraction of sp³-hybridized carbons (Fsp3) is 0.429. The normalized spacial score (nSPS) is 16.7. The van der Waals surface area contributed by atoms with Crippen molar-refractivity contribution in [2.45, 2.75) is 18.8 Å². The number of hydrogen-bond acceptors (Lipinski definition) is 8. The number of thiol groups is 1. The quantitative estimate of drug-likeness (QED) is 0.490. The predicted octanol–water partition coefficient (Wildman–Crippen LogP) is 2.00. The third kappa shape index (κ3) is 3.07. The van der Waals surface area contributed by atoms with E-state index >= 15 is 0 Å². The summed E-state index contributed by atoms with van der Waals surface area (Å²) in [5, 5.41) is 10.2. The van der Waals surface area contributed by atoms with Gasteiger partial charge in [-0.05, 0) is 12.8 Å². The van der Waals surface area contributed by atoms with Crippen molar-refractivity contribution in [1.29, 1.82) is 0 Å². The number of ether oxygens (including phenoxy) is 2. The SMILES string of the molecule is COc1cnc(-c2c(OC)ncnc2C2CC2)nc1[N+](C)(O)S. The van der Waals surface area contributed by atoms with Crippen LogP contribution in [-0.2, 0) is 0 Å². The summed E-state index contributed by atoms with van der Waals surface area (Å²) in [4.78, 5) is 17.3. The smallest absolute Gasteiger partial charge is 0.318 e. The Morgan fingerprint density at radius 1 is 1.22 bits per heavy atom. The minimum Gasteiger partial charge on any atom is -0.488 e. The number of aromatic nitrogens is 4. The molecule has 3 rings (SSSR count). The maximum absolute atomic E-state index is 10.2. The lowest BCUT2D eigenvalue weighted by molar-refractivity contribution is 0.0483. The molecule has 0 radical (unpaired) electrons. The van der Waals surface area contributed by atoms with Crippen LogP contribution in [0.2, 0.25) is 0 Å². The molecule has 1 aliphatic carbocycles. The summed E-state index contributed by atoms with van der Waals surface area (Å²) >= 11 is 4.12. The summed E-state index contributed by atoms with van der Waals surface area (Å²) in [7, 11) is 4.48. The minimum absolute atomic E-state index is 0.216. The molecule has 1 N–H and O–H groups in total. The lowest BCUT2D eigenvalue weighted by Gasteiger charge is -2.18. The highest BCUT2D eigenvalue weighted by molar-refractivity contribution is 7.79. The molecule has 2 aromatic heterocycles. The summed E-state index contributed by atoms with van der Waals surface area (Å²) in [5.41, 5.74) is 1.50. The van der Waals surface area contributed by atoms with Crippen molar-refractivity contribution in [1.82, 2.24) is 24.0 Å². The molecule has 1 unspecified atom stereocenters. The Morgan fingerprint density at radius 3 is 2.52 bits per heavy atom. The van der Waals surface area contributed by atoms with E-state index in [9.17, 15) is 5.21 Å². The van der Waals surface area contributed by atoms with Gasteiger partial charge in [-0.1, -0.05) is 4.05 Å². The molecule has 9 heteroatoms. The molecule has 1 aliphatic rings. The summed E-state index contributed by atoms with van der Waals surface area (Å²) in [6, 6.07) is 0. The van der Waals surface area contributed by atoms with Gasteiger partial charge < -0.3 is 9.47 Å². The minimum atomic E-state index is -0.784. The molecule has 1 atom stereocenters. The van der Waals surface area contributed by atoms with Gasteiger partial charge in [0.25, 0.3) is 0 Å². The molecule has 2 aromatic rings. The molecule has 0 bridgehead atoms. The highest BCUT2D eigenvalue weighted by Crippen LogP contribution is 2.45. The molecule has 0 saturated heterocycles. The van der Waals surface area contributed by atoms with Crippen molar-refractivity contribution in [3.63, 3.8) is 0 Å². The van der Waals surface area contributed by atoms with Crippen LogP contribution < -0.4 is 13.5 Å². The first-order chi connectivity index (χ1) is 11.0. The molecule has 0 aromatic carbocycles. The second-order valence-corrected chi connectivity index (χ2v) is 6.19. The Morgan fingerprint density at radius 2 is 1.96 bits per heavy atom. The van der Waals surface area contributed by atoms with Crippen LogP contribution in [0, 0.1) is 0 Å². The number of quaternary nitrogens is 1. The molecule has 1 saturated carbocycles. The van der Waals surface area contributed by atoms with Crippen LogP contribution in [0.1, 0.15) is 24.5 Å². The number of methoxy groups -OCH3 is 2. The van der Waals surface area contributed by atoms with E-state index in [1.165, 1.54) is 33.8 Å². The van der Waals surface area contributed by atoms with Gasteiger partial charge in [-0.3, -0.25) is 0 Å². The standard InChI is InChI=1S/C14H18N5O3S/c1-19(20,23)13-9(21-2)6-15-12(18-13)10-11(8-4-5-8)16-7-17-14(10)22-3/h6-8,20,23H,4-5H2,1-3H3/q+1. The van der Waals surface area contributed by atoms with Gasteiger partial charge in [-0.2, -0.15) is 10.2 Å².